The van der Waals surface area contributed by atoms with E-state index in [-0.39, 0.29) is 18.7 Å². The van der Waals surface area contributed by atoms with Crippen LogP contribution in [0.1, 0.15) is 60.6 Å². The van der Waals surface area contributed by atoms with E-state index >= 15 is 0 Å². The van der Waals surface area contributed by atoms with Crippen molar-refractivity contribution in [2.45, 2.75) is 78.7 Å². The number of halogens is 2. The Morgan fingerprint density at radius 1 is 1.07 bits per heavy atom. The van der Waals surface area contributed by atoms with Gasteiger partial charge in [0.05, 0.1) is 19.4 Å². The SMILES string of the molecule is CC(C)(C)CC(=O)OCOP(=O)(OCOC(=O)CC(C)(C)C)OC[C@H]1O[C@@H](n2ccc(N)nc2=O)C(F)(F)[C@@H]1O. The van der Waals surface area contributed by atoms with Crippen LogP contribution in [0, 0.1) is 10.8 Å². The largest absolute Gasteiger partial charge is 0.480 e. The third-order valence-corrected chi connectivity index (χ3v) is 6.40. The molecule has 1 saturated heterocycles. The van der Waals surface area contributed by atoms with Crippen LogP contribution in [0.2, 0.25) is 0 Å². The molecule has 0 unspecified atom stereocenters. The zero-order valence-corrected chi connectivity index (χ0v) is 24.0. The van der Waals surface area contributed by atoms with Gasteiger partial charge >= 0.3 is 31.4 Å². The number of ether oxygens (including phenoxy) is 3. The molecule has 1 aliphatic heterocycles. The fourth-order valence-electron chi connectivity index (χ4n) is 3.27. The standard InChI is InChI=1S/C23H36F2N3O11P/c1-21(2,3)9-16(29)34-12-37-40(33,38-13-35-17(30)10-22(4,5)6)36-11-14-18(31)23(24,25)19(39-14)28-8-7-15(26)27-20(28)32/h7-8,14,18-19,31H,9-13H2,1-6H3,(H2,26,27,32)/t14-,18-,19-/m1/s1. The molecule has 1 fully saturated rings. The highest BCUT2D eigenvalue weighted by atomic mass is 31.2. The molecule has 1 aliphatic rings. The number of phosphoric ester groups is 1. The van der Waals surface area contributed by atoms with E-state index in [1.54, 1.807) is 41.5 Å². The van der Waals surface area contributed by atoms with E-state index in [1.165, 1.54) is 0 Å². The number of esters is 2. The van der Waals surface area contributed by atoms with E-state index in [9.17, 15) is 32.8 Å². The second kappa shape index (κ2) is 13.0. The Morgan fingerprint density at radius 3 is 2.02 bits per heavy atom. The summed E-state index contributed by atoms with van der Waals surface area (Å²) in [6.07, 6.45) is -5.76. The van der Waals surface area contributed by atoms with Gasteiger partial charge in [-0.25, -0.2) is 18.4 Å². The number of carbonyl (C=O) groups excluding carboxylic acids is 2. The van der Waals surface area contributed by atoms with E-state index < -0.39 is 80.8 Å². The molecule has 2 heterocycles. The highest BCUT2D eigenvalue weighted by Gasteiger charge is 2.60. The summed E-state index contributed by atoms with van der Waals surface area (Å²) in [6.45, 7) is 7.86. The van der Waals surface area contributed by atoms with Crippen molar-refractivity contribution in [3.05, 3.63) is 22.7 Å². The lowest BCUT2D eigenvalue weighted by Crippen LogP contribution is -2.42. The predicted octanol–water partition coefficient (Wildman–Crippen LogP) is 2.75. The fraction of sp³-hybridized carbons (Fsp3) is 0.739. The molecular formula is C23H36F2N3O11P. The van der Waals surface area contributed by atoms with Gasteiger partial charge in [0.15, 0.2) is 6.10 Å². The number of nitrogen functional groups attached to an aromatic ring is 1. The zero-order valence-electron chi connectivity index (χ0n) is 23.1. The predicted molar refractivity (Wildman–Crippen MR) is 134 cm³/mol. The Hall–Kier alpha value is -2.49. The van der Waals surface area contributed by atoms with Crippen molar-refractivity contribution in [1.82, 2.24) is 9.55 Å². The number of aliphatic hydroxyl groups is 1. The van der Waals surface area contributed by atoms with Crippen molar-refractivity contribution in [1.29, 1.82) is 0 Å². The lowest BCUT2D eigenvalue weighted by Gasteiger charge is -2.22. The first-order valence-electron chi connectivity index (χ1n) is 12.1. The zero-order chi connectivity index (χ0) is 30.5. The molecule has 0 saturated carbocycles. The minimum absolute atomic E-state index is 0.00920. The number of carbonyl (C=O) groups is 2. The molecular weight excluding hydrogens is 563 g/mol. The molecule has 40 heavy (non-hydrogen) atoms. The van der Waals surface area contributed by atoms with Gasteiger partial charge in [-0.3, -0.25) is 18.7 Å². The average Bonchev–Trinajstić information content (AvgIpc) is 2.99. The topological polar surface area (TPSA) is 188 Å². The number of alkyl halides is 2. The van der Waals surface area contributed by atoms with Gasteiger partial charge in [0.25, 0.3) is 0 Å². The summed E-state index contributed by atoms with van der Waals surface area (Å²) in [5, 5.41) is 10.2. The van der Waals surface area contributed by atoms with Gasteiger partial charge in [0.1, 0.15) is 11.9 Å². The third kappa shape index (κ3) is 10.2. The number of nitrogens with zero attached hydrogens (tertiary/aromatic N) is 2. The number of aromatic nitrogens is 2. The maximum absolute atomic E-state index is 14.8. The van der Waals surface area contributed by atoms with Crippen LogP contribution >= 0.6 is 7.82 Å². The Bertz CT molecular complexity index is 1110. The summed E-state index contributed by atoms with van der Waals surface area (Å²) in [4.78, 5) is 39.3. The average molecular weight is 600 g/mol. The molecule has 0 radical (unpaired) electrons. The van der Waals surface area contributed by atoms with E-state index in [0.29, 0.717) is 4.57 Å². The molecule has 0 amide bonds. The monoisotopic (exact) mass is 599 g/mol. The van der Waals surface area contributed by atoms with E-state index in [2.05, 4.69) is 4.98 Å². The van der Waals surface area contributed by atoms with Crippen LogP contribution in [-0.2, 0) is 41.9 Å². The van der Waals surface area contributed by atoms with Crippen LogP contribution in [0.25, 0.3) is 0 Å². The maximum Gasteiger partial charge on any atom is 0.480 e. The summed E-state index contributed by atoms with van der Waals surface area (Å²) >= 11 is 0. The third-order valence-electron chi connectivity index (χ3n) is 5.09. The van der Waals surface area contributed by atoms with Crippen molar-refractivity contribution in [3.8, 4) is 0 Å². The second-order valence-corrected chi connectivity index (χ2v) is 13.1. The van der Waals surface area contributed by atoms with Crippen LogP contribution in [0.5, 0.6) is 0 Å². The Morgan fingerprint density at radius 2 is 1.57 bits per heavy atom. The van der Waals surface area contributed by atoms with Crippen LogP contribution in [0.4, 0.5) is 14.6 Å². The smallest absolute Gasteiger partial charge is 0.438 e. The van der Waals surface area contributed by atoms with Crippen LogP contribution < -0.4 is 11.4 Å². The minimum atomic E-state index is -4.75. The van der Waals surface area contributed by atoms with Gasteiger partial charge in [0, 0.05) is 6.20 Å². The van der Waals surface area contributed by atoms with Gasteiger partial charge in [-0.05, 0) is 16.9 Å². The second-order valence-electron chi connectivity index (χ2n) is 11.4. The number of rotatable bonds is 12. The molecule has 2 rings (SSSR count). The number of hydrogen-bond acceptors (Lipinski definition) is 13. The molecule has 1 aromatic heterocycles. The van der Waals surface area contributed by atoms with Gasteiger partial charge in [-0.2, -0.15) is 13.8 Å². The molecule has 0 aliphatic carbocycles. The van der Waals surface area contributed by atoms with Crippen molar-refractivity contribution < 1.29 is 55.8 Å². The Labute approximate surface area is 229 Å². The van der Waals surface area contributed by atoms with Crippen LogP contribution in [0.3, 0.4) is 0 Å². The first kappa shape index (κ1) is 33.7. The molecule has 3 N–H and O–H groups in total. The lowest BCUT2D eigenvalue weighted by atomic mass is 9.92. The number of anilines is 1. The summed E-state index contributed by atoms with van der Waals surface area (Å²) in [5.41, 5.74) is 3.37. The molecule has 228 valence electrons. The number of aliphatic hydroxyl groups excluding tert-OH is 1. The molecule has 17 heteroatoms. The van der Waals surface area contributed by atoms with Crippen molar-refractivity contribution in [2.24, 2.45) is 10.8 Å². The molecule has 0 aromatic carbocycles. The Kier molecular flexibility index (Phi) is 11.0. The summed E-state index contributed by atoms with van der Waals surface area (Å²) in [6, 6.07) is 1.08. The van der Waals surface area contributed by atoms with Gasteiger partial charge in [-0.15, -0.1) is 0 Å². The molecule has 14 nitrogen and oxygen atoms in total. The Balaban J connectivity index is 2.10. The van der Waals surface area contributed by atoms with Gasteiger partial charge < -0.3 is 25.1 Å². The molecule has 1 aromatic rings. The lowest BCUT2D eigenvalue weighted by molar-refractivity contribution is -0.156. The van der Waals surface area contributed by atoms with E-state index in [4.69, 9.17) is 33.5 Å². The first-order chi connectivity index (χ1) is 18.2. The molecule has 0 bridgehead atoms. The van der Waals surface area contributed by atoms with Gasteiger partial charge in [-0.1, -0.05) is 41.5 Å². The van der Waals surface area contributed by atoms with Crippen LogP contribution in [0.15, 0.2) is 17.1 Å². The summed E-state index contributed by atoms with van der Waals surface area (Å²) < 4.78 is 73.1. The van der Waals surface area contributed by atoms with Crippen molar-refractivity contribution in [3.63, 3.8) is 0 Å². The summed E-state index contributed by atoms with van der Waals surface area (Å²) in [5.74, 6) is -5.62. The van der Waals surface area contributed by atoms with Crippen LogP contribution in [-0.4, -0.2) is 64.9 Å². The highest BCUT2D eigenvalue weighted by molar-refractivity contribution is 7.48. The number of nitrogens with two attached hydrogens (primary N) is 1. The minimum Gasteiger partial charge on any atom is -0.438 e. The summed E-state index contributed by atoms with van der Waals surface area (Å²) in [7, 11) is -4.75. The van der Waals surface area contributed by atoms with Crippen molar-refractivity contribution >= 4 is 25.6 Å². The molecule has 0 spiro atoms. The fourth-order valence-corrected chi connectivity index (χ4v) is 4.19. The highest BCUT2D eigenvalue weighted by Crippen LogP contribution is 2.51. The van der Waals surface area contributed by atoms with Crippen molar-refractivity contribution in [2.75, 3.05) is 25.9 Å². The van der Waals surface area contributed by atoms with E-state index in [0.717, 1.165) is 12.3 Å². The maximum atomic E-state index is 14.8. The normalized spacial score (nSPS) is 21.3. The van der Waals surface area contributed by atoms with E-state index in [1.807, 2.05) is 0 Å². The number of hydrogen-bond donors (Lipinski definition) is 2. The number of phosphoric acid groups is 1. The van der Waals surface area contributed by atoms with Gasteiger partial charge in [0.2, 0.25) is 19.8 Å². The first-order valence-corrected chi connectivity index (χ1v) is 13.6. The molecule has 3 atom stereocenters. The quantitative estimate of drug-likeness (QED) is 0.203.